The van der Waals surface area contributed by atoms with Crippen LogP contribution < -0.4 is 10.2 Å². The number of halogens is 4. The lowest BCUT2D eigenvalue weighted by atomic mass is 10.1. The van der Waals surface area contributed by atoms with Crippen LogP contribution in [0.4, 0.5) is 24.5 Å². The number of nitrogens with one attached hydrogen (secondary N) is 1. The Hall–Kier alpha value is -2.54. The van der Waals surface area contributed by atoms with Crippen molar-refractivity contribution < 1.29 is 22.8 Å². The van der Waals surface area contributed by atoms with Gasteiger partial charge in [-0.3, -0.25) is 9.59 Å². The van der Waals surface area contributed by atoms with Crippen LogP contribution in [0.15, 0.2) is 48.5 Å². The van der Waals surface area contributed by atoms with Gasteiger partial charge < -0.3 is 10.2 Å². The molecule has 0 aromatic heterocycles. The maximum absolute atomic E-state index is 13.0. The van der Waals surface area contributed by atoms with Crippen LogP contribution in [0, 0.1) is 0 Å². The summed E-state index contributed by atoms with van der Waals surface area (Å²) in [5.41, 5.74) is -0.950. The number of rotatable bonds is 4. The van der Waals surface area contributed by atoms with Gasteiger partial charge in [-0.1, -0.05) is 29.8 Å². The van der Waals surface area contributed by atoms with Crippen LogP contribution in [0.5, 0.6) is 0 Å². The molecule has 0 aliphatic carbocycles. The second-order valence-electron chi connectivity index (χ2n) is 5.18. The second kappa shape index (κ2) is 7.57. The minimum atomic E-state index is -4.60. The summed E-state index contributed by atoms with van der Waals surface area (Å²) in [5, 5.41) is 2.57. The standard InChI is InChI=1S/C17H14ClF3N2O2/c1-11(24)23(13-6-4-5-12(18)9-13)10-16(25)22-15-8-3-2-7-14(15)17(19,20)21/h2-9H,10H2,1H3,(H,22,25). The number of nitrogens with zero attached hydrogens (tertiary/aromatic N) is 1. The van der Waals surface area contributed by atoms with Gasteiger partial charge in [0.25, 0.3) is 0 Å². The van der Waals surface area contributed by atoms with Crippen molar-refractivity contribution in [2.75, 3.05) is 16.8 Å². The van der Waals surface area contributed by atoms with Gasteiger partial charge in [0, 0.05) is 17.6 Å². The van der Waals surface area contributed by atoms with Gasteiger partial charge in [-0.05, 0) is 30.3 Å². The van der Waals surface area contributed by atoms with Gasteiger partial charge in [0.1, 0.15) is 6.54 Å². The Balaban J connectivity index is 2.20. The topological polar surface area (TPSA) is 49.4 Å². The highest BCUT2D eigenvalue weighted by atomic mass is 35.5. The van der Waals surface area contributed by atoms with E-state index in [-0.39, 0.29) is 5.69 Å². The Morgan fingerprint density at radius 1 is 1.12 bits per heavy atom. The molecule has 0 saturated carbocycles. The molecule has 0 atom stereocenters. The van der Waals surface area contributed by atoms with Gasteiger partial charge >= 0.3 is 6.18 Å². The fraction of sp³-hybridized carbons (Fsp3) is 0.176. The second-order valence-corrected chi connectivity index (χ2v) is 5.61. The molecule has 25 heavy (non-hydrogen) atoms. The number of alkyl halides is 3. The minimum Gasteiger partial charge on any atom is -0.324 e. The Morgan fingerprint density at radius 3 is 2.40 bits per heavy atom. The summed E-state index contributed by atoms with van der Waals surface area (Å²) >= 11 is 5.87. The molecule has 0 radical (unpaired) electrons. The van der Waals surface area contributed by atoms with Gasteiger partial charge in [-0.2, -0.15) is 13.2 Å². The smallest absolute Gasteiger partial charge is 0.324 e. The first-order valence-electron chi connectivity index (χ1n) is 7.18. The largest absolute Gasteiger partial charge is 0.418 e. The molecular formula is C17H14ClF3N2O2. The van der Waals surface area contributed by atoms with E-state index in [0.717, 1.165) is 17.0 Å². The lowest BCUT2D eigenvalue weighted by Crippen LogP contribution is -2.37. The molecule has 8 heteroatoms. The number of amides is 2. The van der Waals surface area contributed by atoms with E-state index < -0.39 is 30.1 Å². The number of para-hydroxylation sites is 1. The summed E-state index contributed by atoms with van der Waals surface area (Å²) in [5.74, 6) is -1.20. The maximum atomic E-state index is 13.0. The molecule has 0 saturated heterocycles. The van der Waals surface area contributed by atoms with Crippen molar-refractivity contribution in [3.05, 3.63) is 59.1 Å². The van der Waals surface area contributed by atoms with Crippen molar-refractivity contribution in [3.63, 3.8) is 0 Å². The molecule has 1 N–H and O–H groups in total. The maximum Gasteiger partial charge on any atom is 0.418 e. The van der Waals surface area contributed by atoms with Crippen molar-refractivity contribution in [1.29, 1.82) is 0 Å². The van der Waals surface area contributed by atoms with Crippen molar-refractivity contribution in [2.45, 2.75) is 13.1 Å². The predicted molar refractivity (Wildman–Crippen MR) is 89.6 cm³/mol. The third-order valence-corrected chi connectivity index (χ3v) is 3.54. The fourth-order valence-corrected chi connectivity index (χ4v) is 2.39. The van der Waals surface area contributed by atoms with Gasteiger partial charge in [0.05, 0.1) is 11.3 Å². The zero-order valence-electron chi connectivity index (χ0n) is 13.1. The number of anilines is 2. The number of hydrogen-bond donors (Lipinski definition) is 1. The lowest BCUT2D eigenvalue weighted by molar-refractivity contribution is -0.137. The summed E-state index contributed by atoms with van der Waals surface area (Å²) in [4.78, 5) is 25.1. The van der Waals surface area contributed by atoms with Gasteiger partial charge in [0.2, 0.25) is 11.8 Å². The predicted octanol–water partition coefficient (Wildman–Crippen LogP) is 4.35. The molecule has 132 valence electrons. The number of benzene rings is 2. The van der Waals surface area contributed by atoms with E-state index in [1.165, 1.54) is 25.1 Å². The molecule has 0 fully saturated rings. The molecule has 0 spiro atoms. The third kappa shape index (κ3) is 4.96. The molecule has 0 aliphatic rings. The summed E-state index contributed by atoms with van der Waals surface area (Å²) in [6.07, 6.45) is -4.60. The molecule has 4 nitrogen and oxygen atoms in total. The molecule has 0 aliphatic heterocycles. The number of carbonyl (C=O) groups is 2. The third-order valence-electron chi connectivity index (χ3n) is 3.31. The average Bonchev–Trinajstić information content (AvgIpc) is 2.52. The summed E-state index contributed by atoms with van der Waals surface area (Å²) < 4.78 is 38.9. The van der Waals surface area contributed by atoms with Gasteiger partial charge in [0.15, 0.2) is 0 Å². The number of hydrogen-bond acceptors (Lipinski definition) is 2. The fourth-order valence-electron chi connectivity index (χ4n) is 2.20. The van der Waals surface area contributed by atoms with E-state index in [2.05, 4.69) is 5.32 Å². The van der Waals surface area contributed by atoms with Crippen LogP contribution in [0.2, 0.25) is 5.02 Å². The van der Waals surface area contributed by atoms with Crippen LogP contribution in [-0.4, -0.2) is 18.4 Å². The van der Waals surface area contributed by atoms with E-state index in [9.17, 15) is 22.8 Å². The van der Waals surface area contributed by atoms with Crippen molar-refractivity contribution in [1.82, 2.24) is 0 Å². The summed E-state index contributed by atoms with van der Waals surface area (Å²) in [7, 11) is 0. The first-order chi connectivity index (χ1) is 11.7. The van der Waals surface area contributed by atoms with E-state index in [1.807, 2.05) is 0 Å². The van der Waals surface area contributed by atoms with Gasteiger partial charge in [-0.15, -0.1) is 0 Å². The summed E-state index contributed by atoms with van der Waals surface area (Å²) in [6.45, 7) is 0.805. The SMILES string of the molecule is CC(=O)N(CC(=O)Nc1ccccc1C(F)(F)F)c1cccc(Cl)c1. The molecule has 0 heterocycles. The first kappa shape index (κ1) is 18.8. The molecule has 0 bridgehead atoms. The van der Waals surface area contributed by atoms with Crippen LogP contribution in [0.1, 0.15) is 12.5 Å². The van der Waals surface area contributed by atoms with E-state index in [0.29, 0.717) is 10.7 Å². The molecule has 2 aromatic carbocycles. The zero-order valence-corrected chi connectivity index (χ0v) is 13.9. The molecule has 2 amide bonds. The lowest BCUT2D eigenvalue weighted by Gasteiger charge is -2.21. The zero-order chi connectivity index (χ0) is 18.6. The highest BCUT2D eigenvalue weighted by Gasteiger charge is 2.33. The first-order valence-corrected chi connectivity index (χ1v) is 7.56. The van der Waals surface area contributed by atoms with E-state index in [4.69, 9.17) is 11.6 Å². The normalized spacial score (nSPS) is 11.1. The van der Waals surface area contributed by atoms with Crippen molar-refractivity contribution >= 4 is 34.8 Å². The van der Waals surface area contributed by atoms with Crippen molar-refractivity contribution in [3.8, 4) is 0 Å². The monoisotopic (exact) mass is 370 g/mol. The molecule has 2 aromatic rings. The average molecular weight is 371 g/mol. The Kier molecular flexibility index (Phi) is 5.69. The van der Waals surface area contributed by atoms with Gasteiger partial charge in [-0.25, -0.2) is 0 Å². The van der Waals surface area contributed by atoms with E-state index >= 15 is 0 Å². The Morgan fingerprint density at radius 2 is 1.80 bits per heavy atom. The van der Waals surface area contributed by atoms with Crippen LogP contribution in [0.3, 0.4) is 0 Å². The molecule has 2 rings (SSSR count). The minimum absolute atomic E-state index is 0.366. The Bertz CT molecular complexity index is 793. The molecule has 0 unspecified atom stereocenters. The quantitative estimate of drug-likeness (QED) is 0.869. The van der Waals surface area contributed by atoms with E-state index in [1.54, 1.807) is 18.2 Å². The molecular weight excluding hydrogens is 357 g/mol. The van der Waals surface area contributed by atoms with Crippen LogP contribution in [-0.2, 0) is 15.8 Å². The van der Waals surface area contributed by atoms with Crippen LogP contribution in [0.25, 0.3) is 0 Å². The Labute approximate surface area is 147 Å². The van der Waals surface area contributed by atoms with Crippen molar-refractivity contribution in [2.24, 2.45) is 0 Å². The summed E-state index contributed by atoms with van der Waals surface area (Å²) in [6, 6.07) is 10.9. The highest BCUT2D eigenvalue weighted by Crippen LogP contribution is 2.34. The van der Waals surface area contributed by atoms with Crippen LogP contribution >= 0.6 is 11.6 Å². The highest BCUT2D eigenvalue weighted by molar-refractivity contribution is 6.31. The number of carbonyl (C=O) groups excluding carboxylic acids is 2.